The molecule has 7 heteroatoms. The number of rotatable bonds is 5. The quantitative estimate of drug-likeness (QED) is 0.656. The van der Waals surface area contributed by atoms with E-state index in [4.69, 9.17) is 5.11 Å². The van der Waals surface area contributed by atoms with Crippen molar-refractivity contribution in [3.8, 4) is 0 Å². The molecule has 7 nitrogen and oxygen atoms in total. The summed E-state index contributed by atoms with van der Waals surface area (Å²) in [5.74, 6) is -1.19. The fourth-order valence-electron chi connectivity index (χ4n) is 2.54. The Bertz CT molecular complexity index is 572. The molecule has 0 radical (unpaired) electrons. The second kappa shape index (κ2) is 6.34. The first kappa shape index (κ1) is 15.0. The predicted octanol–water partition coefficient (Wildman–Crippen LogP) is 1.60. The average molecular weight is 292 g/mol. The molecule has 112 valence electrons. The minimum atomic E-state index is -0.976. The van der Waals surface area contributed by atoms with Gasteiger partial charge in [-0.2, -0.15) is 0 Å². The van der Waals surface area contributed by atoms with Crippen molar-refractivity contribution < 1.29 is 19.6 Å². The van der Waals surface area contributed by atoms with Gasteiger partial charge in [0.1, 0.15) is 6.04 Å². The summed E-state index contributed by atoms with van der Waals surface area (Å²) in [4.78, 5) is 34.7. The number of carboxylic acids is 1. The molecule has 1 atom stereocenters. The van der Waals surface area contributed by atoms with Crippen LogP contribution in [0.4, 0.5) is 5.69 Å². The van der Waals surface area contributed by atoms with Gasteiger partial charge in [0.15, 0.2) is 0 Å². The zero-order valence-corrected chi connectivity index (χ0v) is 11.4. The molecule has 0 unspecified atom stereocenters. The first-order valence-corrected chi connectivity index (χ1v) is 6.74. The van der Waals surface area contributed by atoms with Crippen LogP contribution in [-0.4, -0.2) is 39.4 Å². The fraction of sp³-hybridized carbons (Fsp3) is 0.429. The number of hydrogen-bond acceptors (Lipinski definition) is 4. The number of nitro benzene ring substituents is 1. The largest absolute Gasteiger partial charge is 0.480 e. The van der Waals surface area contributed by atoms with Crippen LogP contribution in [0, 0.1) is 10.1 Å². The van der Waals surface area contributed by atoms with Crippen molar-refractivity contribution in [2.75, 3.05) is 6.54 Å². The molecule has 1 aromatic rings. The third-order valence-electron chi connectivity index (χ3n) is 3.61. The number of nitrogens with zero attached hydrogens (tertiary/aromatic N) is 2. The molecule has 1 heterocycles. The molecule has 0 spiro atoms. The summed E-state index contributed by atoms with van der Waals surface area (Å²) in [7, 11) is 0. The Labute approximate surface area is 121 Å². The van der Waals surface area contributed by atoms with Gasteiger partial charge in [0, 0.05) is 25.1 Å². The van der Waals surface area contributed by atoms with Crippen molar-refractivity contribution in [1.82, 2.24) is 4.90 Å². The van der Waals surface area contributed by atoms with Gasteiger partial charge in [0.25, 0.3) is 5.69 Å². The molecule has 2 rings (SSSR count). The highest BCUT2D eigenvalue weighted by molar-refractivity contribution is 5.84. The van der Waals surface area contributed by atoms with Gasteiger partial charge in [-0.25, -0.2) is 4.79 Å². The molecule has 1 aromatic carbocycles. The number of carboxylic acid groups (broad SMARTS) is 1. The highest BCUT2D eigenvalue weighted by Gasteiger charge is 2.33. The molecule has 1 fully saturated rings. The topological polar surface area (TPSA) is 101 Å². The standard InChI is InChI=1S/C14H16N2O5/c17-13(15-8-2-5-12(15)14(18)19)7-6-10-3-1-4-11(9-10)16(20)21/h1,3-4,9,12H,2,5-8H2,(H,18,19)/t12-/m1/s1. The summed E-state index contributed by atoms with van der Waals surface area (Å²) in [6, 6.07) is 5.40. The minimum Gasteiger partial charge on any atom is -0.480 e. The van der Waals surface area contributed by atoms with E-state index in [9.17, 15) is 19.7 Å². The number of aryl methyl sites for hydroxylation is 1. The Morgan fingerprint density at radius 1 is 1.43 bits per heavy atom. The zero-order valence-electron chi connectivity index (χ0n) is 11.4. The van der Waals surface area contributed by atoms with Gasteiger partial charge in [-0.3, -0.25) is 14.9 Å². The monoisotopic (exact) mass is 292 g/mol. The van der Waals surface area contributed by atoms with Crippen LogP contribution in [0.2, 0.25) is 0 Å². The van der Waals surface area contributed by atoms with E-state index in [2.05, 4.69) is 0 Å². The van der Waals surface area contributed by atoms with Crippen molar-refractivity contribution in [2.45, 2.75) is 31.7 Å². The third kappa shape index (κ3) is 3.56. The highest BCUT2D eigenvalue weighted by Crippen LogP contribution is 2.20. The van der Waals surface area contributed by atoms with Crippen LogP contribution in [0.3, 0.4) is 0 Å². The van der Waals surface area contributed by atoms with Crippen LogP contribution in [0.5, 0.6) is 0 Å². The summed E-state index contributed by atoms with van der Waals surface area (Å²) in [6.07, 6.45) is 1.70. The fourth-order valence-corrected chi connectivity index (χ4v) is 2.54. The maximum atomic E-state index is 12.1. The van der Waals surface area contributed by atoms with Crippen molar-refractivity contribution in [3.63, 3.8) is 0 Å². The van der Waals surface area contributed by atoms with Crippen LogP contribution in [0.25, 0.3) is 0 Å². The molecule has 1 amide bonds. The summed E-state index contributed by atoms with van der Waals surface area (Å²) >= 11 is 0. The molecular weight excluding hydrogens is 276 g/mol. The number of carbonyl (C=O) groups is 2. The van der Waals surface area contributed by atoms with E-state index in [1.165, 1.54) is 17.0 Å². The van der Waals surface area contributed by atoms with Crippen LogP contribution in [-0.2, 0) is 16.0 Å². The van der Waals surface area contributed by atoms with E-state index in [1.54, 1.807) is 12.1 Å². The minimum absolute atomic E-state index is 0.00969. The van der Waals surface area contributed by atoms with Crippen molar-refractivity contribution in [3.05, 3.63) is 39.9 Å². The second-order valence-corrected chi connectivity index (χ2v) is 5.01. The van der Waals surface area contributed by atoms with Gasteiger partial charge in [0.2, 0.25) is 5.91 Å². The number of benzene rings is 1. The molecule has 1 aliphatic rings. The van der Waals surface area contributed by atoms with E-state index in [1.807, 2.05) is 0 Å². The lowest BCUT2D eigenvalue weighted by atomic mass is 10.1. The lowest BCUT2D eigenvalue weighted by Gasteiger charge is -2.21. The number of carbonyl (C=O) groups excluding carboxylic acids is 1. The van der Waals surface area contributed by atoms with E-state index in [0.29, 0.717) is 31.4 Å². The predicted molar refractivity (Wildman–Crippen MR) is 73.8 cm³/mol. The molecule has 0 aromatic heterocycles. The van der Waals surface area contributed by atoms with Crippen molar-refractivity contribution in [2.24, 2.45) is 0 Å². The average Bonchev–Trinajstić information content (AvgIpc) is 2.94. The van der Waals surface area contributed by atoms with Gasteiger partial charge in [-0.15, -0.1) is 0 Å². The molecular formula is C14H16N2O5. The highest BCUT2D eigenvalue weighted by atomic mass is 16.6. The van der Waals surface area contributed by atoms with Gasteiger partial charge in [-0.05, 0) is 24.8 Å². The van der Waals surface area contributed by atoms with Gasteiger partial charge < -0.3 is 10.0 Å². The van der Waals surface area contributed by atoms with Gasteiger partial charge >= 0.3 is 5.97 Å². The molecule has 1 saturated heterocycles. The van der Waals surface area contributed by atoms with Crippen molar-refractivity contribution >= 4 is 17.6 Å². The summed E-state index contributed by atoms with van der Waals surface area (Å²) in [6.45, 7) is 0.463. The molecule has 1 aliphatic heterocycles. The van der Waals surface area contributed by atoms with E-state index in [0.717, 1.165) is 0 Å². The smallest absolute Gasteiger partial charge is 0.326 e. The Morgan fingerprint density at radius 2 is 2.19 bits per heavy atom. The summed E-state index contributed by atoms with van der Waals surface area (Å²) < 4.78 is 0. The number of nitro groups is 1. The molecule has 0 bridgehead atoms. The zero-order chi connectivity index (χ0) is 15.4. The Balaban J connectivity index is 1.96. The van der Waals surface area contributed by atoms with Crippen LogP contribution >= 0.6 is 0 Å². The molecule has 21 heavy (non-hydrogen) atoms. The first-order chi connectivity index (χ1) is 9.99. The number of aliphatic carboxylic acids is 1. The maximum Gasteiger partial charge on any atom is 0.326 e. The first-order valence-electron chi connectivity index (χ1n) is 6.74. The third-order valence-corrected chi connectivity index (χ3v) is 3.61. The summed E-state index contributed by atoms with van der Waals surface area (Å²) in [5.41, 5.74) is 0.688. The molecule has 1 N–H and O–H groups in total. The second-order valence-electron chi connectivity index (χ2n) is 5.01. The van der Waals surface area contributed by atoms with E-state index < -0.39 is 16.9 Å². The normalized spacial score (nSPS) is 17.7. The summed E-state index contributed by atoms with van der Waals surface area (Å²) in [5, 5.41) is 19.7. The Kier molecular flexibility index (Phi) is 4.52. The van der Waals surface area contributed by atoms with Crippen LogP contribution in [0.1, 0.15) is 24.8 Å². The lowest BCUT2D eigenvalue weighted by Crippen LogP contribution is -2.40. The molecule has 0 aliphatic carbocycles. The number of hydrogen-bond donors (Lipinski definition) is 1. The van der Waals surface area contributed by atoms with Gasteiger partial charge in [0.05, 0.1) is 4.92 Å². The Morgan fingerprint density at radius 3 is 2.86 bits per heavy atom. The van der Waals surface area contributed by atoms with Crippen molar-refractivity contribution in [1.29, 1.82) is 0 Å². The maximum absolute atomic E-state index is 12.1. The number of non-ortho nitro benzene ring substituents is 1. The van der Waals surface area contributed by atoms with Crippen LogP contribution < -0.4 is 0 Å². The Hall–Kier alpha value is -2.44. The van der Waals surface area contributed by atoms with Crippen LogP contribution in [0.15, 0.2) is 24.3 Å². The number of likely N-dealkylation sites (tertiary alicyclic amines) is 1. The van der Waals surface area contributed by atoms with Gasteiger partial charge in [-0.1, -0.05) is 12.1 Å². The molecule has 0 saturated carbocycles. The SMILES string of the molecule is O=C(O)[C@H]1CCCN1C(=O)CCc1cccc([N+](=O)[O-])c1. The number of amides is 1. The lowest BCUT2D eigenvalue weighted by molar-refractivity contribution is -0.384. The van der Waals surface area contributed by atoms with E-state index in [-0.39, 0.29) is 18.0 Å². The van der Waals surface area contributed by atoms with E-state index >= 15 is 0 Å².